The zero-order valence-electron chi connectivity index (χ0n) is 11.5. The van der Waals surface area contributed by atoms with E-state index in [1.807, 2.05) is 6.92 Å². The van der Waals surface area contributed by atoms with Crippen molar-refractivity contribution in [2.24, 2.45) is 13.0 Å². The summed E-state index contributed by atoms with van der Waals surface area (Å²) in [5.74, 6) is -0.521. The van der Waals surface area contributed by atoms with Crippen LogP contribution in [0.15, 0.2) is 6.07 Å². The number of rotatable bonds is 2. The molecule has 1 unspecified atom stereocenters. The molecule has 19 heavy (non-hydrogen) atoms. The second-order valence-electron chi connectivity index (χ2n) is 4.91. The molecule has 1 aromatic heterocycles. The minimum atomic E-state index is -0.237. The van der Waals surface area contributed by atoms with Gasteiger partial charge in [0.25, 0.3) is 5.91 Å². The van der Waals surface area contributed by atoms with Gasteiger partial charge in [-0.25, -0.2) is 0 Å². The highest BCUT2D eigenvalue weighted by Crippen LogP contribution is 2.19. The number of hydrogen-bond donors (Lipinski definition) is 0. The van der Waals surface area contributed by atoms with Gasteiger partial charge in [-0.2, -0.15) is 5.10 Å². The lowest BCUT2D eigenvalue weighted by atomic mass is 9.98. The maximum Gasteiger partial charge on any atom is 0.310 e. The van der Waals surface area contributed by atoms with Gasteiger partial charge in [0.15, 0.2) is 0 Å². The van der Waals surface area contributed by atoms with Gasteiger partial charge in [-0.15, -0.1) is 0 Å². The van der Waals surface area contributed by atoms with E-state index < -0.39 is 0 Å². The lowest BCUT2D eigenvalue weighted by molar-refractivity contribution is -0.146. The molecule has 1 amide bonds. The van der Waals surface area contributed by atoms with Crippen molar-refractivity contribution in [3.05, 3.63) is 17.5 Å². The van der Waals surface area contributed by atoms with Crippen molar-refractivity contribution in [2.75, 3.05) is 20.2 Å². The third kappa shape index (κ3) is 2.77. The van der Waals surface area contributed by atoms with Crippen molar-refractivity contribution in [2.45, 2.75) is 19.8 Å². The minimum absolute atomic E-state index is 0.0725. The normalized spacial score (nSPS) is 19.3. The van der Waals surface area contributed by atoms with Crippen LogP contribution in [0.2, 0.25) is 0 Å². The Morgan fingerprint density at radius 2 is 2.21 bits per heavy atom. The predicted molar refractivity (Wildman–Crippen MR) is 68.6 cm³/mol. The maximum absolute atomic E-state index is 12.4. The van der Waals surface area contributed by atoms with Crippen LogP contribution in [0.4, 0.5) is 0 Å². The van der Waals surface area contributed by atoms with Crippen molar-refractivity contribution in [3.63, 3.8) is 0 Å². The smallest absolute Gasteiger partial charge is 0.310 e. The van der Waals surface area contributed by atoms with E-state index in [1.165, 1.54) is 7.11 Å². The van der Waals surface area contributed by atoms with Gasteiger partial charge >= 0.3 is 5.97 Å². The Morgan fingerprint density at radius 3 is 2.79 bits per heavy atom. The number of piperidine rings is 1. The van der Waals surface area contributed by atoms with Gasteiger partial charge in [0.05, 0.1) is 18.7 Å². The topological polar surface area (TPSA) is 64.4 Å². The van der Waals surface area contributed by atoms with Gasteiger partial charge in [0.2, 0.25) is 0 Å². The number of aromatic nitrogens is 2. The highest BCUT2D eigenvalue weighted by molar-refractivity contribution is 5.93. The molecule has 0 spiro atoms. The number of amides is 1. The van der Waals surface area contributed by atoms with E-state index in [4.69, 9.17) is 4.74 Å². The molecule has 1 aromatic rings. The fraction of sp³-hybridized carbons (Fsp3) is 0.615. The first-order valence-corrected chi connectivity index (χ1v) is 6.40. The first-order valence-electron chi connectivity index (χ1n) is 6.40. The molecule has 1 aliphatic heterocycles. The lowest BCUT2D eigenvalue weighted by Gasteiger charge is -2.31. The summed E-state index contributed by atoms with van der Waals surface area (Å²) in [6.07, 6.45) is 1.60. The number of esters is 1. The molecule has 0 bridgehead atoms. The molecule has 104 valence electrons. The summed E-state index contributed by atoms with van der Waals surface area (Å²) in [4.78, 5) is 25.7. The van der Waals surface area contributed by atoms with Crippen LogP contribution in [0.25, 0.3) is 0 Å². The van der Waals surface area contributed by atoms with Gasteiger partial charge in [-0.1, -0.05) is 0 Å². The standard InChI is InChI=1S/C13H19N3O3/c1-9-7-11(15(2)14-9)12(17)16-6-4-5-10(8-16)13(18)19-3/h7,10H,4-6,8H2,1-3H3. The molecular weight excluding hydrogens is 246 g/mol. The Morgan fingerprint density at radius 1 is 1.47 bits per heavy atom. The Labute approximate surface area is 112 Å². The van der Waals surface area contributed by atoms with Crippen molar-refractivity contribution in [3.8, 4) is 0 Å². The molecule has 1 saturated heterocycles. The third-order valence-corrected chi connectivity index (χ3v) is 3.46. The highest BCUT2D eigenvalue weighted by Gasteiger charge is 2.30. The summed E-state index contributed by atoms with van der Waals surface area (Å²) in [5, 5.41) is 4.17. The quantitative estimate of drug-likeness (QED) is 0.740. The Hall–Kier alpha value is -1.85. The monoisotopic (exact) mass is 265 g/mol. The summed E-state index contributed by atoms with van der Waals surface area (Å²) in [5.41, 5.74) is 1.37. The van der Waals surface area contributed by atoms with Crippen molar-refractivity contribution >= 4 is 11.9 Å². The number of methoxy groups -OCH3 is 1. The summed E-state index contributed by atoms with van der Waals surface area (Å²) in [7, 11) is 3.13. The summed E-state index contributed by atoms with van der Waals surface area (Å²) in [6.45, 7) is 2.95. The van der Waals surface area contributed by atoms with E-state index in [1.54, 1.807) is 22.7 Å². The molecule has 6 heteroatoms. The fourth-order valence-electron chi connectivity index (χ4n) is 2.49. The van der Waals surface area contributed by atoms with Crippen LogP contribution >= 0.6 is 0 Å². The van der Waals surface area contributed by atoms with E-state index in [-0.39, 0.29) is 17.8 Å². The molecule has 0 aliphatic carbocycles. The molecule has 6 nitrogen and oxygen atoms in total. The van der Waals surface area contributed by atoms with E-state index >= 15 is 0 Å². The van der Waals surface area contributed by atoms with E-state index in [0.29, 0.717) is 18.8 Å². The van der Waals surface area contributed by atoms with Gasteiger partial charge < -0.3 is 9.64 Å². The number of carbonyl (C=O) groups excluding carboxylic acids is 2. The average molecular weight is 265 g/mol. The SMILES string of the molecule is COC(=O)C1CCCN(C(=O)c2cc(C)nn2C)C1. The van der Waals surface area contributed by atoms with Gasteiger partial charge in [-0.3, -0.25) is 14.3 Å². The van der Waals surface area contributed by atoms with Crippen LogP contribution in [-0.2, 0) is 16.6 Å². The summed E-state index contributed by atoms with van der Waals surface area (Å²) < 4.78 is 6.34. The zero-order valence-corrected chi connectivity index (χ0v) is 11.5. The molecule has 0 N–H and O–H groups in total. The van der Waals surface area contributed by atoms with Crippen molar-refractivity contribution in [1.29, 1.82) is 0 Å². The van der Waals surface area contributed by atoms with E-state index in [2.05, 4.69) is 5.10 Å². The first kappa shape index (κ1) is 13.6. The van der Waals surface area contributed by atoms with Crippen LogP contribution in [0.5, 0.6) is 0 Å². The fourth-order valence-corrected chi connectivity index (χ4v) is 2.49. The molecule has 1 fully saturated rings. The van der Waals surface area contributed by atoms with Crippen molar-refractivity contribution < 1.29 is 14.3 Å². The molecule has 1 aliphatic rings. The third-order valence-electron chi connectivity index (χ3n) is 3.46. The number of aryl methyl sites for hydroxylation is 2. The first-order chi connectivity index (χ1) is 9.02. The van der Waals surface area contributed by atoms with Crippen LogP contribution in [0.3, 0.4) is 0 Å². The molecule has 2 rings (SSSR count). The zero-order chi connectivity index (χ0) is 14.0. The van der Waals surface area contributed by atoms with Crippen LogP contribution in [0.1, 0.15) is 29.0 Å². The van der Waals surface area contributed by atoms with Crippen molar-refractivity contribution in [1.82, 2.24) is 14.7 Å². The predicted octanol–water partition coefficient (Wildman–Crippen LogP) is 0.754. The number of carbonyl (C=O) groups is 2. The van der Waals surface area contributed by atoms with E-state index in [0.717, 1.165) is 18.5 Å². The number of hydrogen-bond acceptors (Lipinski definition) is 4. The lowest BCUT2D eigenvalue weighted by Crippen LogP contribution is -2.43. The van der Waals surface area contributed by atoms with Crippen LogP contribution < -0.4 is 0 Å². The van der Waals surface area contributed by atoms with Gasteiger partial charge in [0, 0.05) is 20.1 Å². The van der Waals surface area contributed by atoms with Gasteiger partial charge in [0.1, 0.15) is 5.69 Å². The van der Waals surface area contributed by atoms with E-state index in [9.17, 15) is 9.59 Å². The van der Waals surface area contributed by atoms with Crippen LogP contribution in [-0.4, -0.2) is 46.8 Å². The molecular formula is C13H19N3O3. The summed E-state index contributed by atoms with van der Waals surface area (Å²) in [6, 6.07) is 1.77. The minimum Gasteiger partial charge on any atom is -0.469 e. The summed E-state index contributed by atoms with van der Waals surface area (Å²) >= 11 is 0. The molecule has 2 heterocycles. The molecule has 0 saturated carbocycles. The van der Waals surface area contributed by atoms with Gasteiger partial charge in [-0.05, 0) is 25.8 Å². The Balaban J connectivity index is 2.11. The largest absolute Gasteiger partial charge is 0.469 e. The van der Waals surface area contributed by atoms with Crippen LogP contribution in [0, 0.1) is 12.8 Å². The number of nitrogens with zero attached hydrogens (tertiary/aromatic N) is 3. The second-order valence-corrected chi connectivity index (χ2v) is 4.91. The molecule has 0 radical (unpaired) electrons. The Kier molecular flexibility index (Phi) is 3.87. The molecule has 0 aromatic carbocycles. The Bertz CT molecular complexity index is 495. The maximum atomic E-state index is 12.4. The molecule has 1 atom stereocenters. The number of ether oxygens (including phenoxy) is 1. The highest BCUT2D eigenvalue weighted by atomic mass is 16.5. The number of likely N-dealkylation sites (tertiary alicyclic amines) is 1. The average Bonchev–Trinajstić information content (AvgIpc) is 2.76. The second kappa shape index (κ2) is 5.42.